The number of imidazole rings is 1. The number of aryl methyl sites for hydroxylation is 1. The van der Waals surface area contributed by atoms with Crippen molar-refractivity contribution in [3.05, 3.63) is 53.6 Å². The number of nitrogens with zero attached hydrogens (tertiary/aromatic N) is 4. The maximum absolute atomic E-state index is 12.1. The van der Waals surface area contributed by atoms with E-state index in [2.05, 4.69) is 49.4 Å². The summed E-state index contributed by atoms with van der Waals surface area (Å²) in [6.07, 6.45) is 4.28. The number of hydrogen-bond acceptors (Lipinski definition) is 3. The average Bonchev–Trinajstić information content (AvgIpc) is 3.12. The zero-order valence-electron chi connectivity index (χ0n) is 18.1. The Balaban J connectivity index is 1.93. The van der Waals surface area contributed by atoms with E-state index in [4.69, 9.17) is 0 Å². The Morgan fingerprint density at radius 2 is 1.93 bits per heavy atom. The van der Waals surface area contributed by atoms with Gasteiger partial charge in [-0.15, -0.1) is 0 Å². The van der Waals surface area contributed by atoms with Gasteiger partial charge in [-0.3, -0.25) is 4.79 Å². The standard InChI is InChI=1S/C22H34N6O/c1-5-23-22(25-12-11-21(29)27(6-2)7-3)26-16-19-9-8-10-20(15-19)17-28-14-13-24-18(28)4/h8-10,13-15H,5-7,11-12,16-17H2,1-4H3,(H2,23,25,26). The second-order valence-corrected chi connectivity index (χ2v) is 6.86. The van der Waals surface area contributed by atoms with Gasteiger partial charge < -0.3 is 20.1 Å². The first kappa shape index (κ1) is 22.5. The van der Waals surface area contributed by atoms with Gasteiger partial charge in [0.15, 0.2) is 5.96 Å². The molecule has 0 unspecified atom stereocenters. The van der Waals surface area contributed by atoms with Gasteiger partial charge in [0.25, 0.3) is 0 Å². The SMILES string of the molecule is CCNC(=NCc1cccc(Cn2ccnc2C)c1)NCCC(=O)N(CC)CC. The van der Waals surface area contributed by atoms with Gasteiger partial charge in [-0.2, -0.15) is 0 Å². The normalized spacial score (nSPS) is 11.4. The van der Waals surface area contributed by atoms with Crippen molar-refractivity contribution >= 4 is 11.9 Å². The summed E-state index contributed by atoms with van der Waals surface area (Å²) >= 11 is 0. The minimum Gasteiger partial charge on any atom is -0.357 e. The number of carbonyl (C=O) groups is 1. The topological polar surface area (TPSA) is 74.5 Å². The summed E-state index contributed by atoms with van der Waals surface area (Å²) in [6, 6.07) is 8.45. The van der Waals surface area contributed by atoms with E-state index in [1.807, 2.05) is 45.0 Å². The molecule has 0 bridgehead atoms. The van der Waals surface area contributed by atoms with Crippen LogP contribution in [0, 0.1) is 6.92 Å². The van der Waals surface area contributed by atoms with Crippen molar-refractivity contribution in [2.45, 2.75) is 47.2 Å². The van der Waals surface area contributed by atoms with E-state index >= 15 is 0 Å². The average molecular weight is 399 g/mol. The molecule has 7 nitrogen and oxygen atoms in total. The number of hydrogen-bond donors (Lipinski definition) is 2. The number of nitrogens with one attached hydrogen (secondary N) is 2. The van der Waals surface area contributed by atoms with E-state index in [0.29, 0.717) is 19.5 Å². The lowest BCUT2D eigenvalue weighted by Gasteiger charge is -2.19. The highest BCUT2D eigenvalue weighted by Gasteiger charge is 2.09. The number of carbonyl (C=O) groups excluding carboxylic acids is 1. The maximum Gasteiger partial charge on any atom is 0.224 e. The first-order valence-electron chi connectivity index (χ1n) is 10.4. The van der Waals surface area contributed by atoms with Gasteiger partial charge in [0.2, 0.25) is 5.91 Å². The Morgan fingerprint density at radius 1 is 1.17 bits per heavy atom. The molecule has 0 aliphatic carbocycles. The Morgan fingerprint density at radius 3 is 2.59 bits per heavy atom. The summed E-state index contributed by atoms with van der Waals surface area (Å²) in [4.78, 5) is 22.9. The lowest BCUT2D eigenvalue weighted by Crippen LogP contribution is -2.40. The van der Waals surface area contributed by atoms with Crippen molar-refractivity contribution in [1.82, 2.24) is 25.1 Å². The van der Waals surface area contributed by atoms with Crippen molar-refractivity contribution in [2.75, 3.05) is 26.2 Å². The van der Waals surface area contributed by atoms with Gasteiger partial charge in [0.1, 0.15) is 5.82 Å². The summed E-state index contributed by atoms with van der Waals surface area (Å²) in [5.74, 6) is 1.91. The number of benzene rings is 1. The van der Waals surface area contributed by atoms with Crippen molar-refractivity contribution < 1.29 is 4.79 Å². The van der Waals surface area contributed by atoms with Crippen LogP contribution in [-0.2, 0) is 17.9 Å². The summed E-state index contributed by atoms with van der Waals surface area (Å²) in [6.45, 7) is 12.3. The predicted molar refractivity (Wildman–Crippen MR) is 118 cm³/mol. The van der Waals surface area contributed by atoms with E-state index in [1.165, 1.54) is 5.56 Å². The molecule has 2 rings (SSSR count). The molecule has 1 aromatic heterocycles. The van der Waals surface area contributed by atoms with Gasteiger partial charge in [0, 0.05) is 51.5 Å². The molecule has 1 heterocycles. The predicted octanol–water partition coefficient (Wildman–Crippen LogP) is 2.55. The third-order valence-corrected chi connectivity index (χ3v) is 4.78. The largest absolute Gasteiger partial charge is 0.357 e. The molecule has 7 heteroatoms. The van der Waals surface area contributed by atoms with Crippen LogP contribution < -0.4 is 10.6 Å². The molecule has 1 amide bonds. The molecule has 0 aliphatic rings. The first-order valence-corrected chi connectivity index (χ1v) is 10.4. The van der Waals surface area contributed by atoms with Gasteiger partial charge >= 0.3 is 0 Å². The molecule has 0 saturated carbocycles. The van der Waals surface area contributed by atoms with Gasteiger partial charge in [-0.1, -0.05) is 24.3 Å². The van der Waals surface area contributed by atoms with Crippen LogP contribution in [0.25, 0.3) is 0 Å². The Bertz CT molecular complexity index is 794. The summed E-state index contributed by atoms with van der Waals surface area (Å²) < 4.78 is 2.13. The molecule has 0 aliphatic heterocycles. The van der Waals surface area contributed by atoms with Crippen LogP contribution in [0.5, 0.6) is 0 Å². The van der Waals surface area contributed by atoms with Crippen LogP contribution in [0.1, 0.15) is 44.1 Å². The van der Waals surface area contributed by atoms with Crippen molar-refractivity contribution in [3.63, 3.8) is 0 Å². The lowest BCUT2D eigenvalue weighted by molar-refractivity contribution is -0.130. The lowest BCUT2D eigenvalue weighted by atomic mass is 10.1. The van der Waals surface area contributed by atoms with Crippen LogP contribution >= 0.6 is 0 Å². The fourth-order valence-electron chi connectivity index (χ4n) is 3.13. The highest BCUT2D eigenvalue weighted by molar-refractivity contribution is 5.81. The smallest absolute Gasteiger partial charge is 0.224 e. The second-order valence-electron chi connectivity index (χ2n) is 6.86. The van der Waals surface area contributed by atoms with Crippen LogP contribution in [-0.4, -0.2) is 52.5 Å². The molecular formula is C22H34N6O. The van der Waals surface area contributed by atoms with E-state index in [0.717, 1.165) is 43.5 Å². The van der Waals surface area contributed by atoms with Gasteiger partial charge in [-0.25, -0.2) is 9.98 Å². The number of rotatable bonds is 10. The summed E-state index contributed by atoms with van der Waals surface area (Å²) in [5.41, 5.74) is 2.37. The van der Waals surface area contributed by atoms with Crippen LogP contribution in [0.4, 0.5) is 0 Å². The molecule has 0 fully saturated rings. The van der Waals surface area contributed by atoms with E-state index in [9.17, 15) is 4.79 Å². The molecule has 0 atom stereocenters. The fraction of sp³-hybridized carbons (Fsp3) is 0.500. The number of guanidine groups is 1. The van der Waals surface area contributed by atoms with Crippen LogP contribution in [0.15, 0.2) is 41.7 Å². The Labute approximate surface area is 174 Å². The second kappa shape index (κ2) is 11.9. The molecular weight excluding hydrogens is 364 g/mol. The molecule has 29 heavy (non-hydrogen) atoms. The number of aromatic nitrogens is 2. The third-order valence-electron chi connectivity index (χ3n) is 4.78. The molecule has 2 aromatic rings. The highest BCUT2D eigenvalue weighted by Crippen LogP contribution is 2.09. The third kappa shape index (κ3) is 7.25. The zero-order valence-corrected chi connectivity index (χ0v) is 18.1. The van der Waals surface area contributed by atoms with Crippen LogP contribution in [0.2, 0.25) is 0 Å². The van der Waals surface area contributed by atoms with Crippen molar-refractivity contribution in [3.8, 4) is 0 Å². The molecule has 2 N–H and O–H groups in total. The molecule has 0 saturated heterocycles. The van der Waals surface area contributed by atoms with E-state index in [-0.39, 0.29) is 5.91 Å². The van der Waals surface area contributed by atoms with Crippen molar-refractivity contribution in [2.24, 2.45) is 4.99 Å². The highest BCUT2D eigenvalue weighted by atomic mass is 16.2. The Kier molecular flexibility index (Phi) is 9.21. The summed E-state index contributed by atoms with van der Waals surface area (Å²) in [7, 11) is 0. The fourth-order valence-corrected chi connectivity index (χ4v) is 3.13. The monoisotopic (exact) mass is 398 g/mol. The number of amides is 1. The number of aliphatic imine (C=N–C) groups is 1. The van der Waals surface area contributed by atoms with Gasteiger partial charge in [-0.05, 0) is 38.8 Å². The van der Waals surface area contributed by atoms with Gasteiger partial charge in [0.05, 0.1) is 6.54 Å². The molecule has 158 valence electrons. The quantitative estimate of drug-likeness (QED) is 0.476. The van der Waals surface area contributed by atoms with E-state index in [1.54, 1.807) is 0 Å². The maximum atomic E-state index is 12.1. The zero-order chi connectivity index (χ0) is 21.1. The minimum absolute atomic E-state index is 0.167. The molecule has 0 spiro atoms. The first-order chi connectivity index (χ1) is 14.1. The molecule has 0 radical (unpaired) electrons. The van der Waals surface area contributed by atoms with Crippen LogP contribution in [0.3, 0.4) is 0 Å². The minimum atomic E-state index is 0.167. The van der Waals surface area contributed by atoms with Crippen molar-refractivity contribution in [1.29, 1.82) is 0 Å². The molecule has 1 aromatic carbocycles. The summed E-state index contributed by atoms with van der Waals surface area (Å²) in [5, 5.41) is 6.51. The Hall–Kier alpha value is -2.83. The van der Waals surface area contributed by atoms with E-state index < -0.39 is 0 Å².